The minimum absolute atomic E-state index is 0.0953. The number of rotatable bonds is 6. The van der Waals surface area contributed by atoms with Crippen molar-refractivity contribution < 1.29 is 27.5 Å². The Balaban J connectivity index is 1.56. The average Bonchev–Trinajstić information content (AvgIpc) is 3.18. The summed E-state index contributed by atoms with van der Waals surface area (Å²) in [4.78, 5) is 23.2. The van der Waals surface area contributed by atoms with Crippen LogP contribution in [-0.2, 0) is 21.4 Å². The summed E-state index contributed by atoms with van der Waals surface area (Å²) in [6.45, 7) is 0.784. The number of piperidine rings is 1. The molecule has 1 aromatic carbocycles. The maximum absolute atomic E-state index is 12.5. The molecule has 1 saturated heterocycles. The first-order valence-electron chi connectivity index (χ1n) is 8.53. The number of nitrogens with zero attached hydrogens (tertiary/aromatic N) is 1. The third-order valence-corrected chi connectivity index (χ3v) is 6.29. The number of furan rings is 1. The molecule has 2 heterocycles. The molecule has 9 heteroatoms. The Hall–Kier alpha value is -2.65. The third kappa shape index (κ3) is 4.37. The average molecular weight is 392 g/mol. The van der Waals surface area contributed by atoms with Gasteiger partial charge in [-0.2, -0.15) is 4.31 Å². The lowest BCUT2D eigenvalue weighted by Gasteiger charge is -2.29. The van der Waals surface area contributed by atoms with Crippen LogP contribution in [0.15, 0.2) is 52.0 Å². The second-order valence-corrected chi connectivity index (χ2v) is 8.17. The SMILES string of the molecule is O=C(O)c1ccc(S(=O)(=O)N2CCC(C(=O)NCc3ccccc3)CC2)o1. The number of benzene rings is 1. The van der Waals surface area contributed by atoms with Crippen LogP contribution in [0.25, 0.3) is 0 Å². The summed E-state index contributed by atoms with van der Waals surface area (Å²) in [5, 5.41) is 11.3. The largest absolute Gasteiger partial charge is 0.475 e. The van der Waals surface area contributed by atoms with Gasteiger partial charge in [0.1, 0.15) is 0 Å². The van der Waals surface area contributed by atoms with Crippen LogP contribution in [0.3, 0.4) is 0 Å². The molecular weight excluding hydrogens is 372 g/mol. The zero-order valence-corrected chi connectivity index (χ0v) is 15.3. The van der Waals surface area contributed by atoms with Crippen LogP contribution in [0.4, 0.5) is 0 Å². The van der Waals surface area contributed by atoms with E-state index in [1.807, 2.05) is 30.3 Å². The van der Waals surface area contributed by atoms with Gasteiger partial charge in [0, 0.05) is 25.6 Å². The van der Waals surface area contributed by atoms with Crippen molar-refractivity contribution in [2.45, 2.75) is 24.5 Å². The van der Waals surface area contributed by atoms with E-state index in [-0.39, 0.29) is 24.9 Å². The molecule has 0 saturated carbocycles. The molecule has 0 unspecified atom stereocenters. The molecular formula is C18H20N2O6S. The zero-order valence-electron chi connectivity index (χ0n) is 14.5. The minimum atomic E-state index is -3.91. The standard InChI is InChI=1S/C18H20N2O6S/c21-17(19-12-13-4-2-1-3-5-13)14-8-10-20(11-9-14)27(24,25)16-7-6-15(26-16)18(22)23/h1-7,14H,8-12H2,(H,19,21)(H,22,23). The van der Waals surface area contributed by atoms with Crippen molar-refractivity contribution in [2.24, 2.45) is 5.92 Å². The van der Waals surface area contributed by atoms with Crippen LogP contribution < -0.4 is 5.32 Å². The molecule has 0 bridgehead atoms. The predicted octanol–water partition coefficient (Wildman–Crippen LogP) is 1.69. The Morgan fingerprint density at radius 1 is 1.11 bits per heavy atom. The van der Waals surface area contributed by atoms with Gasteiger partial charge in [0.2, 0.25) is 16.8 Å². The van der Waals surface area contributed by atoms with E-state index < -0.39 is 26.8 Å². The highest BCUT2D eigenvalue weighted by molar-refractivity contribution is 7.89. The molecule has 1 aliphatic heterocycles. The van der Waals surface area contributed by atoms with Gasteiger partial charge in [-0.1, -0.05) is 30.3 Å². The van der Waals surface area contributed by atoms with E-state index in [4.69, 9.17) is 9.52 Å². The Kier molecular flexibility index (Phi) is 5.62. The molecule has 1 aliphatic rings. The summed E-state index contributed by atoms with van der Waals surface area (Å²) in [5.74, 6) is -2.11. The smallest absolute Gasteiger partial charge is 0.371 e. The second-order valence-electron chi connectivity index (χ2n) is 6.31. The molecule has 27 heavy (non-hydrogen) atoms. The lowest BCUT2D eigenvalue weighted by molar-refractivity contribution is -0.126. The molecule has 0 aliphatic carbocycles. The van der Waals surface area contributed by atoms with Crippen LogP contribution >= 0.6 is 0 Å². The Labute approximate surface area is 156 Å². The highest BCUT2D eigenvalue weighted by Crippen LogP contribution is 2.25. The van der Waals surface area contributed by atoms with Gasteiger partial charge in [0.25, 0.3) is 10.0 Å². The number of carboxylic acids is 1. The lowest BCUT2D eigenvalue weighted by Crippen LogP contribution is -2.42. The summed E-state index contributed by atoms with van der Waals surface area (Å²) >= 11 is 0. The molecule has 0 atom stereocenters. The van der Waals surface area contributed by atoms with Crippen molar-refractivity contribution in [3.63, 3.8) is 0 Å². The quantitative estimate of drug-likeness (QED) is 0.773. The zero-order chi connectivity index (χ0) is 19.4. The number of carboxylic acid groups (broad SMARTS) is 1. The second kappa shape index (κ2) is 7.93. The molecule has 144 valence electrons. The number of carbonyl (C=O) groups is 2. The number of hydrogen-bond acceptors (Lipinski definition) is 5. The third-order valence-electron chi connectivity index (χ3n) is 4.52. The van der Waals surface area contributed by atoms with Gasteiger partial charge in [0.15, 0.2) is 0 Å². The lowest BCUT2D eigenvalue weighted by atomic mass is 9.97. The van der Waals surface area contributed by atoms with Crippen LogP contribution in [0.5, 0.6) is 0 Å². The van der Waals surface area contributed by atoms with E-state index in [9.17, 15) is 18.0 Å². The van der Waals surface area contributed by atoms with Gasteiger partial charge < -0.3 is 14.8 Å². The predicted molar refractivity (Wildman–Crippen MR) is 95.4 cm³/mol. The Morgan fingerprint density at radius 3 is 2.37 bits per heavy atom. The highest BCUT2D eigenvalue weighted by atomic mass is 32.2. The van der Waals surface area contributed by atoms with Crippen molar-refractivity contribution in [1.29, 1.82) is 0 Å². The first-order valence-corrected chi connectivity index (χ1v) is 9.97. The molecule has 8 nitrogen and oxygen atoms in total. The van der Waals surface area contributed by atoms with Crippen LogP contribution in [0.1, 0.15) is 29.0 Å². The van der Waals surface area contributed by atoms with Gasteiger partial charge in [-0.15, -0.1) is 0 Å². The van der Waals surface area contributed by atoms with Crippen LogP contribution in [0, 0.1) is 5.92 Å². The maximum Gasteiger partial charge on any atom is 0.371 e. The van der Waals surface area contributed by atoms with Crippen molar-refractivity contribution in [2.75, 3.05) is 13.1 Å². The number of carbonyl (C=O) groups excluding carboxylic acids is 1. The minimum Gasteiger partial charge on any atom is -0.475 e. The van der Waals surface area contributed by atoms with Crippen LogP contribution in [-0.4, -0.2) is 42.8 Å². The van der Waals surface area contributed by atoms with Gasteiger partial charge in [0.05, 0.1) is 0 Å². The topological polar surface area (TPSA) is 117 Å². The summed E-state index contributed by atoms with van der Waals surface area (Å²) < 4.78 is 31.2. The number of amides is 1. The van der Waals surface area contributed by atoms with E-state index in [1.165, 1.54) is 4.31 Å². The number of aromatic carboxylic acids is 1. The van der Waals surface area contributed by atoms with E-state index >= 15 is 0 Å². The van der Waals surface area contributed by atoms with Crippen LogP contribution in [0.2, 0.25) is 0 Å². The summed E-state index contributed by atoms with van der Waals surface area (Å²) in [6, 6.07) is 11.8. The van der Waals surface area contributed by atoms with E-state index in [0.717, 1.165) is 17.7 Å². The normalized spacial score (nSPS) is 16.1. The number of sulfonamides is 1. The molecule has 2 aromatic rings. The number of nitrogens with one attached hydrogen (secondary N) is 1. The number of hydrogen-bond donors (Lipinski definition) is 2. The van der Waals surface area contributed by atoms with Gasteiger partial charge in [-0.25, -0.2) is 13.2 Å². The van der Waals surface area contributed by atoms with Gasteiger partial charge in [-0.3, -0.25) is 4.79 Å². The first kappa shape index (κ1) is 19.1. The summed E-state index contributed by atoms with van der Waals surface area (Å²) in [6.07, 6.45) is 0.790. The van der Waals surface area contributed by atoms with Crippen molar-refractivity contribution in [3.8, 4) is 0 Å². The molecule has 0 spiro atoms. The van der Waals surface area contributed by atoms with Gasteiger partial charge >= 0.3 is 5.97 Å². The molecule has 2 N–H and O–H groups in total. The summed E-state index contributed by atoms with van der Waals surface area (Å²) in [7, 11) is -3.91. The van der Waals surface area contributed by atoms with Gasteiger partial charge in [-0.05, 0) is 30.5 Å². The van der Waals surface area contributed by atoms with Crippen molar-refractivity contribution >= 4 is 21.9 Å². The Morgan fingerprint density at radius 2 is 1.78 bits per heavy atom. The Bertz CT molecular complexity index is 914. The molecule has 3 rings (SSSR count). The molecule has 1 fully saturated rings. The maximum atomic E-state index is 12.5. The monoisotopic (exact) mass is 392 g/mol. The van der Waals surface area contributed by atoms with Crippen molar-refractivity contribution in [1.82, 2.24) is 9.62 Å². The van der Waals surface area contributed by atoms with Crippen molar-refractivity contribution in [3.05, 3.63) is 53.8 Å². The fourth-order valence-electron chi connectivity index (χ4n) is 2.99. The fraction of sp³-hybridized carbons (Fsp3) is 0.333. The van der Waals surface area contributed by atoms with E-state index in [0.29, 0.717) is 19.4 Å². The fourth-order valence-corrected chi connectivity index (χ4v) is 4.37. The molecule has 0 radical (unpaired) electrons. The molecule has 1 amide bonds. The first-order chi connectivity index (χ1) is 12.9. The van der Waals surface area contributed by atoms with E-state index in [1.54, 1.807) is 0 Å². The summed E-state index contributed by atoms with van der Waals surface area (Å²) in [5.41, 5.74) is 0.998. The molecule has 1 aromatic heterocycles. The van der Waals surface area contributed by atoms with E-state index in [2.05, 4.69) is 5.32 Å². The highest BCUT2D eigenvalue weighted by Gasteiger charge is 2.34.